The summed E-state index contributed by atoms with van der Waals surface area (Å²) >= 11 is 0. The zero-order valence-electron chi connectivity index (χ0n) is 18.8. The zero-order valence-corrected chi connectivity index (χ0v) is 20.5. The SMILES string of the molecule is Cl.Cl.O=C(c1cc(C2CCNCC2)ccc1F)N1CCc2oc(CCc3cccnc3)nc2C1. The molecule has 0 bridgehead atoms. The molecule has 2 aliphatic heterocycles. The number of hydrogen-bond donors (Lipinski definition) is 1. The molecule has 34 heavy (non-hydrogen) atoms. The predicted octanol–water partition coefficient (Wildman–Crippen LogP) is 4.50. The number of halogens is 3. The van der Waals surface area contributed by atoms with Gasteiger partial charge in [0, 0.05) is 31.8 Å². The molecule has 4 heterocycles. The molecule has 9 heteroatoms. The lowest BCUT2D eigenvalue weighted by Gasteiger charge is -2.27. The molecule has 1 N–H and O–H groups in total. The Labute approximate surface area is 211 Å². The van der Waals surface area contributed by atoms with Crippen LogP contribution in [-0.2, 0) is 25.8 Å². The second-order valence-electron chi connectivity index (χ2n) is 8.58. The van der Waals surface area contributed by atoms with Crippen molar-refractivity contribution in [2.24, 2.45) is 0 Å². The van der Waals surface area contributed by atoms with Gasteiger partial charge in [0.2, 0.25) is 0 Å². The third-order valence-corrected chi connectivity index (χ3v) is 6.44. The number of pyridine rings is 1. The maximum absolute atomic E-state index is 14.6. The minimum Gasteiger partial charge on any atom is -0.445 e. The van der Waals surface area contributed by atoms with Gasteiger partial charge in [-0.3, -0.25) is 9.78 Å². The maximum Gasteiger partial charge on any atom is 0.257 e. The van der Waals surface area contributed by atoms with Crippen molar-refractivity contribution in [3.8, 4) is 0 Å². The highest BCUT2D eigenvalue weighted by Crippen LogP contribution is 2.28. The van der Waals surface area contributed by atoms with Gasteiger partial charge in [-0.2, -0.15) is 0 Å². The van der Waals surface area contributed by atoms with E-state index in [1.54, 1.807) is 17.2 Å². The van der Waals surface area contributed by atoms with Crippen molar-refractivity contribution in [3.05, 3.63) is 82.6 Å². The van der Waals surface area contributed by atoms with E-state index in [1.807, 2.05) is 24.4 Å². The second kappa shape index (κ2) is 11.8. The van der Waals surface area contributed by atoms with Crippen LogP contribution in [0.25, 0.3) is 0 Å². The Morgan fingerprint density at radius 3 is 2.76 bits per heavy atom. The van der Waals surface area contributed by atoms with E-state index in [1.165, 1.54) is 6.07 Å². The van der Waals surface area contributed by atoms with E-state index in [9.17, 15) is 9.18 Å². The number of aryl methyl sites for hydroxylation is 2. The molecule has 0 atom stereocenters. The summed E-state index contributed by atoms with van der Waals surface area (Å²) in [5.74, 6) is 1.14. The quantitative estimate of drug-likeness (QED) is 0.551. The van der Waals surface area contributed by atoms with Crippen LogP contribution >= 0.6 is 24.8 Å². The smallest absolute Gasteiger partial charge is 0.257 e. The summed E-state index contributed by atoms with van der Waals surface area (Å²) in [5, 5.41) is 3.35. The highest BCUT2D eigenvalue weighted by Gasteiger charge is 2.28. The van der Waals surface area contributed by atoms with Gasteiger partial charge in [0.05, 0.1) is 12.1 Å². The third kappa shape index (κ3) is 5.77. The number of carbonyl (C=O) groups is 1. The molecule has 0 aliphatic carbocycles. The van der Waals surface area contributed by atoms with Crippen LogP contribution in [0.3, 0.4) is 0 Å². The summed E-state index contributed by atoms with van der Waals surface area (Å²) in [5.41, 5.74) is 3.11. The van der Waals surface area contributed by atoms with E-state index in [0.717, 1.165) is 54.9 Å². The minimum absolute atomic E-state index is 0. The van der Waals surface area contributed by atoms with E-state index in [2.05, 4.69) is 15.3 Å². The lowest BCUT2D eigenvalue weighted by molar-refractivity contribution is 0.0723. The minimum atomic E-state index is -0.462. The first kappa shape index (κ1) is 26.1. The Hall–Kier alpha value is -2.48. The summed E-state index contributed by atoms with van der Waals surface area (Å²) in [6.45, 7) is 2.76. The Morgan fingerprint density at radius 2 is 2.00 bits per heavy atom. The van der Waals surface area contributed by atoms with Crippen molar-refractivity contribution in [2.45, 2.75) is 44.6 Å². The molecule has 2 aliphatic rings. The monoisotopic (exact) mass is 506 g/mol. The van der Waals surface area contributed by atoms with Gasteiger partial charge >= 0.3 is 0 Å². The Kier molecular flexibility index (Phi) is 9.05. The van der Waals surface area contributed by atoms with Gasteiger partial charge in [0.25, 0.3) is 5.91 Å². The average Bonchev–Trinajstić information content (AvgIpc) is 3.26. The van der Waals surface area contributed by atoms with Crippen molar-refractivity contribution in [1.82, 2.24) is 20.2 Å². The van der Waals surface area contributed by atoms with Gasteiger partial charge < -0.3 is 14.6 Å². The number of nitrogens with zero attached hydrogens (tertiary/aromatic N) is 3. The van der Waals surface area contributed by atoms with E-state index >= 15 is 0 Å². The number of fused-ring (bicyclic) bond motifs is 1. The molecule has 0 saturated carbocycles. The molecule has 0 spiro atoms. The number of piperidine rings is 1. The van der Waals surface area contributed by atoms with Crippen LogP contribution in [-0.4, -0.2) is 40.4 Å². The Bertz CT molecular complexity index is 1100. The molecular formula is C25H29Cl2FN4O2. The number of hydrogen-bond acceptors (Lipinski definition) is 5. The number of benzene rings is 1. The molecule has 1 aromatic carbocycles. The van der Waals surface area contributed by atoms with E-state index in [-0.39, 0.29) is 36.3 Å². The summed E-state index contributed by atoms with van der Waals surface area (Å²) in [4.78, 5) is 23.6. The fourth-order valence-electron chi connectivity index (χ4n) is 4.62. The van der Waals surface area contributed by atoms with Crippen molar-refractivity contribution in [1.29, 1.82) is 0 Å². The molecular weight excluding hydrogens is 478 g/mol. The van der Waals surface area contributed by atoms with Gasteiger partial charge in [0.15, 0.2) is 5.89 Å². The number of rotatable bonds is 5. The Morgan fingerprint density at radius 1 is 1.18 bits per heavy atom. The van der Waals surface area contributed by atoms with Crippen LogP contribution in [0, 0.1) is 5.82 Å². The number of amides is 1. The van der Waals surface area contributed by atoms with E-state index in [0.29, 0.717) is 37.7 Å². The molecule has 182 valence electrons. The lowest BCUT2D eigenvalue weighted by atomic mass is 9.89. The van der Waals surface area contributed by atoms with Gasteiger partial charge in [-0.1, -0.05) is 12.1 Å². The average molecular weight is 507 g/mol. The normalized spacial score (nSPS) is 15.7. The largest absolute Gasteiger partial charge is 0.445 e. The van der Waals surface area contributed by atoms with Crippen LogP contribution in [0.2, 0.25) is 0 Å². The molecule has 0 radical (unpaired) electrons. The number of carbonyl (C=O) groups excluding carboxylic acids is 1. The second-order valence-corrected chi connectivity index (χ2v) is 8.58. The molecule has 0 unspecified atom stereocenters. The number of aromatic nitrogens is 2. The first-order chi connectivity index (χ1) is 15.7. The van der Waals surface area contributed by atoms with Crippen LogP contribution in [0.15, 0.2) is 47.1 Å². The maximum atomic E-state index is 14.6. The fourth-order valence-corrected chi connectivity index (χ4v) is 4.62. The van der Waals surface area contributed by atoms with Crippen LogP contribution in [0.4, 0.5) is 4.39 Å². The van der Waals surface area contributed by atoms with Crippen LogP contribution < -0.4 is 5.32 Å². The van der Waals surface area contributed by atoms with Crippen LogP contribution in [0.1, 0.15) is 57.6 Å². The summed E-state index contributed by atoms with van der Waals surface area (Å²) < 4.78 is 20.5. The summed E-state index contributed by atoms with van der Waals surface area (Å²) in [7, 11) is 0. The van der Waals surface area contributed by atoms with E-state index in [4.69, 9.17) is 4.42 Å². The highest BCUT2D eigenvalue weighted by molar-refractivity contribution is 5.94. The molecule has 6 nitrogen and oxygen atoms in total. The predicted molar refractivity (Wildman–Crippen MR) is 132 cm³/mol. The van der Waals surface area contributed by atoms with Crippen molar-refractivity contribution in [3.63, 3.8) is 0 Å². The standard InChI is InChI=1S/C25H27FN4O2.2ClH/c26-21-5-4-19(18-7-11-27-12-8-18)14-20(21)25(31)30-13-9-23-22(16-30)29-24(32-23)6-3-17-2-1-10-28-15-17;;/h1-2,4-5,10,14-15,18,27H,3,6-9,11-13,16H2;2*1H. The molecule has 2 aromatic heterocycles. The van der Waals surface area contributed by atoms with Crippen LogP contribution in [0.5, 0.6) is 0 Å². The highest BCUT2D eigenvalue weighted by atomic mass is 35.5. The first-order valence-electron chi connectivity index (χ1n) is 11.3. The fraction of sp³-hybridized carbons (Fsp3) is 0.400. The summed E-state index contributed by atoms with van der Waals surface area (Å²) in [6, 6.07) is 8.96. The van der Waals surface area contributed by atoms with Gasteiger partial charge in [-0.15, -0.1) is 24.8 Å². The number of oxazole rings is 1. The first-order valence-corrected chi connectivity index (χ1v) is 11.3. The van der Waals surface area contributed by atoms with E-state index < -0.39 is 5.82 Å². The number of nitrogens with one attached hydrogen (secondary N) is 1. The zero-order chi connectivity index (χ0) is 21.9. The van der Waals surface area contributed by atoms with Crippen molar-refractivity contribution in [2.75, 3.05) is 19.6 Å². The van der Waals surface area contributed by atoms with Gasteiger partial charge in [0.1, 0.15) is 17.3 Å². The third-order valence-electron chi connectivity index (χ3n) is 6.44. The molecule has 5 rings (SSSR count). The van der Waals surface area contributed by atoms with Crippen molar-refractivity contribution < 1.29 is 13.6 Å². The topological polar surface area (TPSA) is 71.3 Å². The van der Waals surface area contributed by atoms with Gasteiger partial charge in [-0.25, -0.2) is 9.37 Å². The molecule has 1 fully saturated rings. The van der Waals surface area contributed by atoms with Gasteiger partial charge in [-0.05, 0) is 67.6 Å². The molecule has 3 aromatic rings. The molecule has 1 saturated heterocycles. The van der Waals surface area contributed by atoms with Crippen molar-refractivity contribution >= 4 is 30.7 Å². The summed E-state index contributed by atoms with van der Waals surface area (Å²) in [6.07, 6.45) is 7.68. The Balaban J connectivity index is 0.00000162. The lowest BCUT2D eigenvalue weighted by Crippen LogP contribution is -2.36. The molecule has 1 amide bonds.